The van der Waals surface area contributed by atoms with E-state index in [-0.39, 0.29) is 6.04 Å². The summed E-state index contributed by atoms with van der Waals surface area (Å²) in [6.45, 7) is 1.78. The summed E-state index contributed by atoms with van der Waals surface area (Å²) in [4.78, 5) is 11.3. The number of hydrogen-bond acceptors (Lipinski definition) is 5. The van der Waals surface area contributed by atoms with Crippen LogP contribution in [-0.4, -0.2) is 38.9 Å². The fraction of sp³-hybridized carbons (Fsp3) is 0.278. The van der Waals surface area contributed by atoms with Crippen molar-refractivity contribution in [2.45, 2.75) is 18.9 Å². The number of anilines is 1. The molecule has 0 atom stereocenters. The van der Waals surface area contributed by atoms with Gasteiger partial charge in [-0.3, -0.25) is 0 Å². The van der Waals surface area contributed by atoms with Crippen molar-refractivity contribution in [2.24, 2.45) is 5.73 Å². The van der Waals surface area contributed by atoms with Crippen molar-refractivity contribution in [2.75, 3.05) is 18.0 Å². The van der Waals surface area contributed by atoms with Crippen LogP contribution in [0.3, 0.4) is 0 Å². The summed E-state index contributed by atoms with van der Waals surface area (Å²) < 4.78 is 1.76. The Morgan fingerprint density at radius 2 is 1.92 bits per heavy atom. The predicted octanol–water partition coefficient (Wildman–Crippen LogP) is 2.91. The van der Waals surface area contributed by atoms with Crippen molar-refractivity contribution in [3.63, 3.8) is 0 Å². The van der Waals surface area contributed by atoms with Gasteiger partial charge in [-0.05, 0) is 31.0 Å². The van der Waals surface area contributed by atoms with E-state index in [0.29, 0.717) is 5.02 Å². The molecule has 25 heavy (non-hydrogen) atoms. The SMILES string of the molecule is NC1CCN(c2nccc(-c3cnn(-c4ccccc4Cl)c3)n2)CC1. The molecule has 2 aromatic heterocycles. The van der Waals surface area contributed by atoms with Gasteiger partial charge in [-0.25, -0.2) is 14.6 Å². The fourth-order valence-electron chi connectivity index (χ4n) is 2.99. The topological polar surface area (TPSA) is 72.9 Å². The highest BCUT2D eigenvalue weighted by Crippen LogP contribution is 2.24. The molecule has 3 aromatic rings. The lowest BCUT2D eigenvalue weighted by Crippen LogP contribution is -2.40. The first-order valence-electron chi connectivity index (χ1n) is 8.34. The van der Waals surface area contributed by atoms with Gasteiger partial charge in [-0.2, -0.15) is 5.10 Å². The van der Waals surface area contributed by atoms with Crippen LogP contribution in [0.25, 0.3) is 16.9 Å². The second-order valence-electron chi connectivity index (χ2n) is 6.19. The number of rotatable bonds is 3. The minimum Gasteiger partial charge on any atom is -0.341 e. The summed E-state index contributed by atoms with van der Waals surface area (Å²) in [5.74, 6) is 0.745. The van der Waals surface area contributed by atoms with E-state index < -0.39 is 0 Å². The lowest BCUT2D eigenvalue weighted by atomic mass is 10.1. The summed E-state index contributed by atoms with van der Waals surface area (Å²) in [5.41, 5.74) is 8.59. The molecular formula is C18H19ClN6. The van der Waals surface area contributed by atoms with Gasteiger partial charge in [0.15, 0.2) is 0 Å². The Balaban J connectivity index is 1.61. The third-order valence-corrected chi connectivity index (χ3v) is 4.76. The summed E-state index contributed by atoms with van der Waals surface area (Å²) in [6.07, 6.45) is 7.45. The molecule has 1 aliphatic heterocycles. The van der Waals surface area contributed by atoms with Crippen molar-refractivity contribution in [1.29, 1.82) is 0 Å². The van der Waals surface area contributed by atoms with Crippen LogP contribution in [0.2, 0.25) is 5.02 Å². The van der Waals surface area contributed by atoms with E-state index in [0.717, 1.165) is 48.8 Å². The predicted molar refractivity (Wildman–Crippen MR) is 99.0 cm³/mol. The molecule has 6 nitrogen and oxygen atoms in total. The zero-order valence-electron chi connectivity index (χ0n) is 13.7. The average molecular weight is 355 g/mol. The smallest absolute Gasteiger partial charge is 0.225 e. The molecule has 1 aliphatic rings. The molecule has 1 aromatic carbocycles. The molecule has 7 heteroatoms. The van der Waals surface area contributed by atoms with E-state index >= 15 is 0 Å². The van der Waals surface area contributed by atoms with Crippen LogP contribution >= 0.6 is 11.6 Å². The van der Waals surface area contributed by atoms with Crippen LogP contribution in [0.1, 0.15) is 12.8 Å². The van der Waals surface area contributed by atoms with Gasteiger partial charge in [0.05, 0.1) is 22.6 Å². The summed E-state index contributed by atoms with van der Waals surface area (Å²) >= 11 is 6.25. The lowest BCUT2D eigenvalue weighted by Gasteiger charge is -2.30. The van der Waals surface area contributed by atoms with Gasteiger partial charge in [0.1, 0.15) is 0 Å². The van der Waals surface area contributed by atoms with Crippen LogP contribution in [-0.2, 0) is 0 Å². The Labute approximate surface area is 151 Å². The van der Waals surface area contributed by atoms with Gasteiger partial charge in [-0.1, -0.05) is 23.7 Å². The number of nitrogens with zero attached hydrogens (tertiary/aromatic N) is 5. The molecule has 0 saturated carbocycles. The normalized spacial score (nSPS) is 15.5. The first kappa shape index (κ1) is 16.1. The maximum absolute atomic E-state index is 6.25. The third-order valence-electron chi connectivity index (χ3n) is 4.44. The van der Waals surface area contributed by atoms with Crippen LogP contribution in [0.15, 0.2) is 48.9 Å². The standard InChI is InChI=1S/C18H19ClN6/c19-15-3-1-2-4-17(15)25-12-13(11-22-25)16-5-8-21-18(23-16)24-9-6-14(20)7-10-24/h1-5,8,11-12,14H,6-7,9-10,20H2. The number of nitrogens with two attached hydrogens (primary N) is 1. The maximum atomic E-state index is 6.25. The van der Waals surface area contributed by atoms with Gasteiger partial charge in [0.2, 0.25) is 5.95 Å². The summed E-state index contributed by atoms with van der Waals surface area (Å²) in [5, 5.41) is 5.08. The minimum absolute atomic E-state index is 0.285. The highest BCUT2D eigenvalue weighted by atomic mass is 35.5. The Hall–Kier alpha value is -2.44. The summed E-state index contributed by atoms with van der Waals surface area (Å²) in [7, 11) is 0. The third kappa shape index (κ3) is 3.36. The Morgan fingerprint density at radius 1 is 1.12 bits per heavy atom. The van der Waals surface area contributed by atoms with Gasteiger partial charge >= 0.3 is 0 Å². The van der Waals surface area contributed by atoms with Gasteiger partial charge < -0.3 is 10.6 Å². The number of piperidine rings is 1. The second-order valence-corrected chi connectivity index (χ2v) is 6.60. The molecule has 1 fully saturated rings. The second kappa shape index (κ2) is 6.82. The van der Waals surface area contributed by atoms with Crippen molar-refractivity contribution >= 4 is 17.5 Å². The number of benzene rings is 1. The van der Waals surface area contributed by atoms with Crippen LogP contribution in [0.4, 0.5) is 5.95 Å². The first-order valence-corrected chi connectivity index (χ1v) is 8.72. The molecule has 0 amide bonds. The molecule has 0 bridgehead atoms. The molecule has 0 aliphatic carbocycles. The van der Waals surface area contributed by atoms with Gasteiger partial charge in [-0.15, -0.1) is 0 Å². The molecule has 128 valence electrons. The highest BCUT2D eigenvalue weighted by Gasteiger charge is 2.18. The molecule has 2 N–H and O–H groups in total. The number of para-hydroxylation sites is 1. The number of aromatic nitrogens is 4. The molecule has 0 spiro atoms. The van der Waals surface area contributed by atoms with E-state index in [1.807, 2.05) is 36.5 Å². The van der Waals surface area contributed by atoms with Gasteiger partial charge in [0, 0.05) is 37.1 Å². The molecule has 1 saturated heterocycles. The van der Waals surface area contributed by atoms with E-state index in [2.05, 4.69) is 15.0 Å². The molecule has 3 heterocycles. The Morgan fingerprint density at radius 3 is 2.72 bits per heavy atom. The zero-order valence-corrected chi connectivity index (χ0v) is 14.5. The molecule has 0 unspecified atom stereocenters. The Kier molecular flexibility index (Phi) is 4.38. The fourth-order valence-corrected chi connectivity index (χ4v) is 3.21. The quantitative estimate of drug-likeness (QED) is 0.782. The number of halogens is 1. The monoisotopic (exact) mass is 354 g/mol. The van der Waals surface area contributed by atoms with E-state index in [1.54, 1.807) is 17.1 Å². The molecule has 4 rings (SSSR count). The van der Waals surface area contributed by atoms with Crippen LogP contribution in [0.5, 0.6) is 0 Å². The first-order chi connectivity index (χ1) is 12.2. The van der Waals surface area contributed by atoms with Crippen molar-refractivity contribution in [3.05, 3.63) is 53.9 Å². The van der Waals surface area contributed by atoms with E-state index in [4.69, 9.17) is 22.3 Å². The van der Waals surface area contributed by atoms with Crippen molar-refractivity contribution < 1.29 is 0 Å². The van der Waals surface area contributed by atoms with E-state index in [9.17, 15) is 0 Å². The highest BCUT2D eigenvalue weighted by molar-refractivity contribution is 6.32. The summed E-state index contributed by atoms with van der Waals surface area (Å²) in [6, 6.07) is 9.80. The van der Waals surface area contributed by atoms with Crippen LogP contribution < -0.4 is 10.6 Å². The largest absolute Gasteiger partial charge is 0.341 e. The average Bonchev–Trinajstić information content (AvgIpc) is 3.13. The lowest BCUT2D eigenvalue weighted by molar-refractivity contribution is 0.495. The van der Waals surface area contributed by atoms with Crippen molar-refractivity contribution in [3.8, 4) is 16.9 Å². The zero-order chi connectivity index (χ0) is 17.2. The number of hydrogen-bond donors (Lipinski definition) is 1. The maximum Gasteiger partial charge on any atom is 0.225 e. The van der Waals surface area contributed by atoms with Gasteiger partial charge in [0.25, 0.3) is 0 Å². The molecular weight excluding hydrogens is 336 g/mol. The van der Waals surface area contributed by atoms with Crippen LogP contribution in [0, 0.1) is 0 Å². The minimum atomic E-state index is 0.285. The van der Waals surface area contributed by atoms with Crippen molar-refractivity contribution in [1.82, 2.24) is 19.7 Å². The Bertz CT molecular complexity index is 869. The molecule has 0 radical (unpaired) electrons. The van der Waals surface area contributed by atoms with E-state index in [1.165, 1.54) is 0 Å².